The van der Waals surface area contributed by atoms with Gasteiger partial charge >= 0.3 is 0 Å². The molecule has 0 fully saturated rings. The number of benzene rings is 1. The number of hydrogen-bond donors (Lipinski definition) is 2. The number of anilines is 1. The van der Waals surface area contributed by atoms with Crippen molar-refractivity contribution in [1.29, 1.82) is 0 Å². The summed E-state index contributed by atoms with van der Waals surface area (Å²) in [6, 6.07) is 12.6. The second-order valence-electron chi connectivity index (χ2n) is 5.69. The van der Waals surface area contributed by atoms with Crippen LogP contribution in [-0.2, 0) is 4.79 Å². The van der Waals surface area contributed by atoms with E-state index in [1.165, 1.54) is 35.1 Å². The molecule has 2 aromatic heterocycles. The van der Waals surface area contributed by atoms with Crippen molar-refractivity contribution in [3.8, 4) is 5.69 Å². The number of carbonyl (C=O) groups excluding carboxylic acids is 2. The van der Waals surface area contributed by atoms with E-state index in [1.807, 2.05) is 0 Å². The van der Waals surface area contributed by atoms with Gasteiger partial charge in [0.2, 0.25) is 5.91 Å². The summed E-state index contributed by atoms with van der Waals surface area (Å²) in [5, 5.41) is 20.2. The molecule has 0 bridgehead atoms. The molecule has 2 heterocycles. The fraction of sp³-hybridized carbons (Fsp3) is 0.111. The van der Waals surface area contributed by atoms with Crippen molar-refractivity contribution >= 4 is 23.3 Å². The van der Waals surface area contributed by atoms with Crippen molar-refractivity contribution in [3.63, 3.8) is 0 Å². The second kappa shape index (κ2) is 8.54. The van der Waals surface area contributed by atoms with Crippen LogP contribution in [0.25, 0.3) is 5.69 Å². The molecule has 28 heavy (non-hydrogen) atoms. The van der Waals surface area contributed by atoms with Crippen LogP contribution in [0.1, 0.15) is 16.9 Å². The van der Waals surface area contributed by atoms with E-state index < -0.39 is 10.8 Å². The number of carbonyl (C=O) groups is 2. The molecule has 0 saturated carbocycles. The van der Waals surface area contributed by atoms with E-state index in [2.05, 4.69) is 20.7 Å². The maximum absolute atomic E-state index is 12.2. The van der Waals surface area contributed by atoms with Gasteiger partial charge in [0.1, 0.15) is 5.82 Å². The Morgan fingerprint density at radius 1 is 1.14 bits per heavy atom. The normalized spacial score (nSPS) is 10.3. The number of nitrogens with one attached hydrogen (secondary N) is 2. The van der Waals surface area contributed by atoms with Gasteiger partial charge in [0.05, 0.1) is 10.6 Å². The minimum atomic E-state index is -0.503. The van der Waals surface area contributed by atoms with Gasteiger partial charge in [0.15, 0.2) is 5.69 Å². The highest BCUT2D eigenvalue weighted by atomic mass is 16.6. The number of rotatable bonds is 7. The molecular weight excluding hydrogens is 364 g/mol. The first-order chi connectivity index (χ1) is 13.5. The molecule has 0 unspecified atom stereocenters. The van der Waals surface area contributed by atoms with Crippen molar-refractivity contribution in [2.24, 2.45) is 0 Å². The Morgan fingerprint density at radius 2 is 2.00 bits per heavy atom. The van der Waals surface area contributed by atoms with Crippen LogP contribution >= 0.6 is 0 Å². The average molecular weight is 380 g/mol. The van der Waals surface area contributed by atoms with Gasteiger partial charge < -0.3 is 10.6 Å². The smallest absolute Gasteiger partial charge is 0.271 e. The van der Waals surface area contributed by atoms with Crippen LogP contribution in [0.3, 0.4) is 0 Å². The minimum Gasteiger partial charge on any atom is -0.350 e. The van der Waals surface area contributed by atoms with Crippen molar-refractivity contribution in [1.82, 2.24) is 20.1 Å². The third-order valence-corrected chi connectivity index (χ3v) is 3.70. The maximum atomic E-state index is 12.2. The van der Waals surface area contributed by atoms with Gasteiger partial charge in [-0.05, 0) is 24.3 Å². The van der Waals surface area contributed by atoms with Crippen molar-refractivity contribution in [2.75, 3.05) is 11.9 Å². The lowest BCUT2D eigenvalue weighted by Gasteiger charge is -2.05. The molecule has 0 aliphatic heterocycles. The zero-order chi connectivity index (χ0) is 19.9. The van der Waals surface area contributed by atoms with Crippen molar-refractivity contribution < 1.29 is 14.5 Å². The summed E-state index contributed by atoms with van der Waals surface area (Å²) in [6.45, 7) is 0.126. The average Bonchev–Trinajstić information content (AvgIpc) is 3.19. The van der Waals surface area contributed by atoms with Crippen LogP contribution in [0.5, 0.6) is 0 Å². The Labute approximate surface area is 159 Å². The predicted molar refractivity (Wildman–Crippen MR) is 100 cm³/mol. The van der Waals surface area contributed by atoms with Gasteiger partial charge in [0, 0.05) is 37.5 Å². The Balaban J connectivity index is 1.54. The summed E-state index contributed by atoms with van der Waals surface area (Å²) in [4.78, 5) is 38.3. The largest absolute Gasteiger partial charge is 0.350 e. The Bertz CT molecular complexity index is 1000. The molecule has 3 rings (SSSR count). The summed E-state index contributed by atoms with van der Waals surface area (Å²) >= 11 is 0. The topological polar surface area (TPSA) is 132 Å². The van der Waals surface area contributed by atoms with Crippen LogP contribution in [0.4, 0.5) is 11.5 Å². The molecule has 10 heteroatoms. The Kier molecular flexibility index (Phi) is 5.70. The standard InChI is InChI=1S/C18H16N6O4/c25-17(21-16-6-1-2-9-19-16)7-10-20-18(26)15-8-11-23(22-15)13-4-3-5-14(12-13)24(27)28/h1-6,8-9,11-12H,7,10H2,(H,20,26)(H,19,21,25). The number of pyridine rings is 1. The van der Waals surface area contributed by atoms with Gasteiger partial charge in [-0.15, -0.1) is 0 Å². The lowest BCUT2D eigenvalue weighted by molar-refractivity contribution is -0.384. The molecule has 0 atom stereocenters. The number of nitro benzene ring substituents is 1. The molecule has 3 aromatic rings. The second-order valence-corrected chi connectivity index (χ2v) is 5.69. The molecule has 0 aliphatic rings. The zero-order valence-corrected chi connectivity index (χ0v) is 14.6. The summed E-state index contributed by atoms with van der Waals surface area (Å²) in [7, 11) is 0. The third kappa shape index (κ3) is 4.75. The molecule has 2 N–H and O–H groups in total. The van der Waals surface area contributed by atoms with E-state index >= 15 is 0 Å². The number of amides is 2. The Morgan fingerprint density at radius 3 is 2.75 bits per heavy atom. The maximum Gasteiger partial charge on any atom is 0.271 e. The van der Waals surface area contributed by atoms with Gasteiger partial charge in [-0.25, -0.2) is 9.67 Å². The number of non-ortho nitro benzene ring substituents is 1. The van der Waals surface area contributed by atoms with E-state index in [-0.39, 0.29) is 30.3 Å². The van der Waals surface area contributed by atoms with E-state index in [4.69, 9.17) is 0 Å². The quantitative estimate of drug-likeness (QED) is 0.475. The summed E-state index contributed by atoms with van der Waals surface area (Å²) in [5.41, 5.74) is 0.526. The third-order valence-electron chi connectivity index (χ3n) is 3.70. The lowest BCUT2D eigenvalue weighted by Crippen LogP contribution is -2.28. The fourth-order valence-electron chi connectivity index (χ4n) is 2.36. The van der Waals surface area contributed by atoms with E-state index in [0.29, 0.717) is 11.5 Å². The van der Waals surface area contributed by atoms with Crippen molar-refractivity contribution in [2.45, 2.75) is 6.42 Å². The minimum absolute atomic E-state index is 0.0714. The van der Waals surface area contributed by atoms with E-state index in [1.54, 1.807) is 30.5 Å². The van der Waals surface area contributed by atoms with Crippen LogP contribution in [0.15, 0.2) is 60.9 Å². The first-order valence-electron chi connectivity index (χ1n) is 8.32. The monoisotopic (exact) mass is 380 g/mol. The molecular formula is C18H16N6O4. The van der Waals surface area contributed by atoms with Crippen LogP contribution < -0.4 is 10.6 Å². The summed E-state index contributed by atoms with van der Waals surface area (Å²) in [5.74, 6) is -0.287. The van der Waals surface area contributed by atoms with Crippen LogP contribution in [0, 0.1) is 10.1 Å². The number of hydrogen-bond acceptors (Lipinski definition) is 6. The Hall–Kier alpha value is -4.08. The first kappa shape index (κ1) is 18.7. The predicted octanol–water partition coefficient (Wildman–Crippen LogP) is 1.93. The molecule has 0 radical (unpaired) electrons. The molecule has 0 saturated heterocycles. The summed E-state index contributed by atoms with van der Waals surface area (Å²) < 4.78 is 1.37. The highest BCUT2D eigenvalue weighted by Crippen LogP contribution is 2.16. The van der Waals surface area contributed by atoms with Crippen LogP contribution in [-0.4, -0.2) is 38.0 Å². The number of nitrogens with zero attached hydrogens (tertiary/aromatic N) is 4. The van der Waals surface area contributed by atoms with Gasteiger partial charge in [-0.3, -0.25) is 19.7 Å². The first-order valence-corrected chi connectivity index (χ1v) is 8.32. The SMILES string of the molecule is O=C(CCNC(=O)c1ccn(-c2cccc([N+](=O)[O-])c2)n1)Nc1ccccn1. The van der Waals surface area contributed by atoms with Crippen LogP contribution in [0.2, 0.25) is 0 Å². The van der Waals surface area contributed by atoms with Gasteiger partial charge in [-0.1, -0.05) is 12.1 Å². The molecule has 0 spiro atoms. The summed E-state index contributed by atoms with van der Waals surface area (Å²) in [6.07, 6.45) is 3.17. The fourth-order valence-corrected chi connectivity index (χ4v) is 2.36. The van der Waals surface area contributed by atoms with E-state index in [9.17, 15) is 19.7 Å². The molecule has 2 amide bonds. The molecule has 10 nitrogen and oxygen atoms in total. The van der Waals surface area contributed by atoms with Gasteiger partial charge in [-0.2, -0.15) is 5.10 Å². The van der Waals surface area contributed by atoms with E-state index in [0.717, 1.165) is 0 Å². The lowest BCUT2D eigenvalue weighted by atomic mass is 10.3. The zero-order valence-electron chi connectivity index (χ0n) is 14.6. The number of aromatic nitrogens is 3. The molecule has 1 aromatic carbocycles. The number of nitro groups is 1. The molecule has 142 valence electrons. The molecule has 0 aliphatic carbocycles. The highest BCUT2D eigenvalue weighted by Gasteiger charge is 2.12. The highest BCUT2D eigenvalue weighted by molar-refractivity contribution is 5.93. The van der Waals surface area contributed by atoms with Gasteiger partial charge in [0.25, 0.3) is 11.6 Å². The van der Waals surface area contributed by atoms with Crippen molar-refractivity contribution in [3.05, 3.63) is 76.7 Å².